The normalized spacial score (nSPS) is 19.6. The molecule has 2 aliphatic rings. The number of carbonyl (C=O) groups excluding carboxylic acids is 1. The third-order valence-electron chi connectivity index (χ3n) is 7.42. The molecule has 1 aliphatic carbocycles. The van der Waals surface area contributed by atoms with Crippen LogP contribution >= 0.6 is 11.6 Å². The molecule has 0 radical (unpaired) electrons. The molecule has 39 heavy (non-hydrogen) atoms. The molecular formula is C31H39ClN4O3. The van der Waals surface area contributed by atoms with Crippen LogP contribution in [0, 0.1) is 0 Å². The molecule has 2 aromatic carbocycles. The van der Waals surface area contributed by atoms with Crippen LogP contribution in [-0.2, 0) is 23.2 Å². The van der Waals surface area contributed by atoms with E-state index in [1.807, 2.05) is 39.0 Å². The van der Waals surface area contributed by atoms with Crippen LogP contribution in [0.2, 0.25) is 5.02 Å². The van der Waals surface area contributed by atoms with E-state index in [0.29, 0.717) is 18.1 Å². The number of hydrogen-bond acceptors (Lipinski definition) is 5. The predicted octanol–water partition coefficient (Wildman–Crippen LogP) is 7.57. The summed E-state index contributed by atoms with van der Waals surface area (Å²) in [4.78, 5) is 14.7. The summed E-state index contributed by atoms with van der Waals surface area (Å²) in [5.74, 6) is 2.86. The lowest BCUT2D eigenvalue weighted by atomic mass is 9.86. The molecule has 1 amide bonds. The van der Waals surface area contributed by atoms with Gasteiger partial charge in [-0.05, 0) is 93.3 Å². The second kappa shape index (κ2) is 10.5. The van der Waals surface area contributed by atoms with Crippen molar-refractivity contribution in [3.63, 3.8) is 0 Å². The van der Waals surface area contributed by atoms with Gasteiger partial charge in [-0.25, -0.2) is 4.79 Å². The number of halogens is 1. The lowest BCUT2D eigenvalue weighted by Gasteiger charge is -2.29. The minimum atomic E-state index is -0.589. The third-order valence-corrected chi connectivity index (χ3v) is 7.66. The molecule has 1 aliphatic heterocycles. The number of aromatic nitrogens is 3. The van der Waals surface area contributed by atoms with Crippen LogP contribution < -0.4 is 4.74 Å². The minimum Gasteiger partial charge on any atom is -0.490 e. The Hall–Kier alpha value is -3.06. The Morgan fingerprint density at radius 2 is 1.69 bits per heavy atom. The number of benzene rings is 2. The molecule has 2 heterocycles. The van der Waals surface area contributed by atoms with Crippen molar-refractivity contribution in [2.24, 2.45) is 0 Å². The highest BCUT2D eigenvalue weighted by Crippen LogP contribution is 2.38. The van der Waals surface area contributed by atoms with Crippen LogP contribution in [-0.4, -0.2) is 37.5 Å². The molecule has 208 valence electrons. The smallest absolute Gasteiger partial charge is 0.411 e. The van der Waals surface area contributed by atoms with Crippen LogP contribution in [0.1, 0.15) is 95.9 Å². The van der Waals surface area contributed by atoms with Crippen molar-refractivity contribution >= 4 is 17.7 Å². The molecule has 0 unspecified atom stereocenters. The second-order valence-corrected chi connectivity index (χ2v) is 13.2. The van der Waals surface area contributed by atoms with Gasteiger partial charge in [0.05, 0.1) is 24.9 Å². The monoisotopic (exact) mass is 550 g/mol. The van der Waals surface area contributed by atoms with E-state index in [0.717, 1.165) is 54.3 Å². The molecule has 0 bridgehead atoms. The Morgan fingerprint density at radius 3 is 2.38 bits per heavy atom. The topological polar surface area (TPSA) is 69.5 Å². The Morgan fingerprint density at radius 1 is 0.949 bits per heavy atom. The zero-order chi connectivity index (χ0) is 27.9. The summed E-state index contributed by atoms with van der Waals surface area (Å²) in [6, 6.07) is 14.3. The van der Waals surface area contributed by atoms with Crippen molar-refractivity contribution in [3.8, 4) is 11.4 Å². The van der Waals surface area contributed by atoms with Gasteiger partial charge in [-0.15, -0.1) is 10.2 Å². The Balaban J connectivity index is 1.35. The lowest BCUT2D eigenvalue weighted by Crippen LogP contribution is -2.35. The molecular weight excluding hydrogens is 512 g/mol. The van der Waals surface area contributed by atoms with E-state index >= 15 is 0 Å². The standard InChI is InChI=1S/C31H39ClN4O3/c1-30(2,3)22-8-7-9-25(17-22)38-24-13-10-20(11-14-24)28-34-33-27-19-35(29(37)39-31(4,5)6)18-21-16-23(32)12-15-26(21)36(27)28/h7-9,12,15-17,20,24H,10-11,13-14,18-19H2,1-6H3/t20-,24-. The fraction of sp³-hybridized carbons (Fsp3) is 0.516. The summed E-state index contributed by atoms with van der Waals surface area (Å²) in [6.07, 6.45) is 3.62. The van der Waals surface area contributed by atoms with Gasteiger partial charge in [-0.1, -0.05) is 44.5 Å². The van der Waals surface area contributed by atoms with Crippen molar-refractivity contribution in [2.75, 3.05) is 0 Å². The molecule has 0 spiro atoms. The summed E-state index contributed by atoms with van der Waals surface area (Å²) >= 11 is 6.38. The fourth-order valence-corrected chi connectivity index (χ4v) is 5.61. The third kappa shape index (κ3) is 6.24. The maximum absolute atomic E-state index is 13.0. The Labute approximate surface area is 236 Å². The SMILES string of the molecule is CC(C)(C)OC(=O)N1Cc2cc(Cl)ccc2-n2c(nnc2[C@H]2CC[C@H](Oc3cccc(C(C)(C)C)c3)CC2)C1. The zero-order valence-corrected chi connectivity index (χ0v) is 24.6. The summed E-state index contributed by atoms with van der Waals surface area (Å²) in [6.45, 7) is 13.0. The zero-order valence-electron chi connectivity index (χ0n) is 23.8. The van der Waals surface area contributed by atoms with Gasteiger partial charge < -0.3 is 9.47 Å². The molecule has 1 fully saturated rings. The van der Waals surface area contributed by atoms with Crippen molar-refractivity contribution in [1.29, 1.82) is 0 Å². The highest BCUT2D eigenvalue weighted by Gasteiger charge is 2.33. The quantitative estimate of drug-likeness (QED) is 0.336. The van der Waals surface area contributed by atoms with Gasteiger partial charge >= 0.3 is 6.09 Å². The van der Waals surface area contributed by atoms with Crippen LogP contribution in [0.5, 0.6) is 5.75 Å². The van der Waals surface area contributed by atoms with Crippen LogP contribution in [0.3, 0.4) is 0 Å². The van der Waals surface area contributed by atoms with E-state index in [4.69, 9.17) is 21.1 Å². The Kier molecular flexibility index (Phi) is 7.40. The summed E-state index contributed by atoms with van der Waals surface area (Å²) in [7, 11) is 0. The van der Waals surface area contributed by atoms with E-state index in [2.05, 4.69) is 59.8 Å². The second-order valence-electron chi connectivity index (χ2n) is 12.8. The van der Waals surface area contributed by atoms with Crippen LogP contribution in [0.4, 0.5) is 4.79 Å². The van der Waals surface area contributed by atoms with E-state index < -0.39 is 5.60 Å². The summed E-state index contributed by atoms with van der Waals surface area (Å²) in [5.41, 5.74) is 2.69. The van der Waals surface area contributed by atoms with E-state index in [-0.39, 0.29) is 23.5 Å². The highest BCUT2D eigenvalue weighted by atomic mass is 35.5. The maximum atomic E-state index is 13.0. The van der Waals surface area contributed by atoms with Gasteiger partial charge in [0, 0.05) is 10.9 Å². The van der Waals surface area contributed by atoms with Crippen molar-refractivity contribution in [1.82, 2.24) is 19.7 Å². The number of rotatable bonds is 3. The largest absolute Gasteiger partial charge is 0.490 e. The van der Waals surface area contributed by atoms with Crippen molar-refractivity contribution in [3.05, 3.63) is 70.3 Å². The van der Waals surface area contributed by atoms with Crippen molar-refractivity contribution < 1.29 is 14.3 Å². The maximum Gasteiger partial charge on any atom is 0.411 e. The highest BCUT2D eigenvalue weighted by molar-refractivity contribution is 6.30. The number of ether oxygens (including phenoxy) is 2. The number of carbonyl (C=O) groups is 1. The first kappa shape index (κ1) is 27.5. The first-order chi connectivity index (χ1) is 18.4. The van der Waals surface area contributed by atoms with Crippen molar-refractivity contribution in [2.45, 2.75) is 103 Å². The average Bonchev–Trinajstić information content (AvgIpc) is 3.18. The number of fused-ring (bicyclic) bond motifs is 3. The fourth-order valence-electron chi connectivity index (χ4n) is 5.41. The lowest BCUT2D eigenvalue weighted by molar-refractivity contribution is 0.0214. The van der Waals surface area contributed by atoms with Gasteiger partial charge in [0.25, 0.3) is 0 Å². The van der Waals surface area contributed by atoms with Gasteiger partial charge in [0.1, 0.15) is 17.2 Å². The van der Waals surface area contributed by atoms with Crippen LogP contribution in [0.15, 0.2) is 42.5 Å². The molecule has 0 saturated heterocycles. The molecule has 5 rings (SSSR count). The van der Waals surface area contributed by atoms with E-state index in [1.54, 1.807) is 4.90 Å². The number of nitrogens with zero attached hydrogens (tertiary/aromatic N) is 4. The van der Waals surface area contributed by atoms with Gasteiger partial charge in [-0.3, -0.25) is 9.47 Å². The molecule has 0 N–H and O–H groups in total. The number of hydrogen-bond donors (Lipinski definition) is 0. The summed E-state index contributed by atoms with van der Waals surface area (Å²) < 4.78 is 14.2. The summed E-state index contributed by atoms with van der Waals surface area (Å²) in [5, 5.41) is 9.85. The average molecular weight is 551 g/mol. The van der Waals surface area contributed by atoms with Gasteiger partial charge in [0.15, 0.2) is 5.82 Å². The minimum absolute atomic E-state index is 0.0854. The molecule has 7 nitrogen and oxygen atoms in total. The van der Waals surface area contributed by atoms with E-state index in [1.165, 1.54) is 5.56 Å². The molecule has 0 atom stereocenters. The molecule has 8 heteroatoms. The number of amides is 1. The van der Waals surface area contributed by atoms with Crippen LogP contribution in [0.25, 0.3) is 5.69 Å². The molecule has 3 aromatic rings. The molecule has 1 aromatic heterocycles. The van der Waals surface area contributed by atoms with Gasteiger partial charge in [-0.2, -0.15) is 0 Å². The van der Waals surface area contributed by atoms with E-state index in [9.17, 15) is 4.79 Å². The first-order valence-electron chi connectivity index (χ1n) is 13.9. The van der Waals surface area contributed by atoms with Gasteiger partial charge in [0.2, 0.25) is 0 Å². The Bertz CT molecular complexity index is 1350. The first-order valence-corrected chi connectivity index (χ1v) is 14.2. The molecule has 1 saturated carbocycles. The predicted molar refractivity (Wildman–Crippen MR) is 153 cm³/mol.